The van der Waals surface area contributed by atoms with Gasteiger partial charge in [0.25, 0.3) is 0 Å². The molecule has 8 heteroatoms. The van der Waals surface area contributed by atoms with Crippen LogP contribution in [0.4, 0.5) is 5.69 Å². The van der Waals surface area contributed by atoms with E-state index in [1.807, 2.05) is 0 Å². The molecule has 2 aromatic rings. The predicted molar refractivity (Wildman–Crippen MR) is 109 cm³/mol. The van der Waals surface area contributed by atoms with Gasteiger partial charge in [-0.05, 0) is 35.4 Å². The van der Waals surface area contributed by atoms with Gasteiger partial charge in [0.05, 0.1) is 34.1 Å². The minimum Gasteiger partial charge on any atom is -0.503 e. The van der Waals surface area contributed by atoms with E-state index in [0.717, 1.165) is 0 Å². The predicted octanol–water partition coefficient (Wildman–Crippen LogP) is 3.07. The number of rotatable bonds is 9. The number of carbonyl (C=O) groups is 1. The van der Waals surface area contributed by atoms with Crippen LogP contribution in [-0.2, 0) is 9.53 Å². The largest absolute Gasteiger partial charge is 0.503 e. The minimum absolute atomic E-state index is 0.158. The first-order valence-electron chi connectivity index (χ1n) is 8.60. The highest BCUT2D eigenvalue weighted by Crippen LogP contribution is 2.44. The second-order valence-corrected chi connectivity index (χ2v) is 5.91. The Balaban J connectivity index is 2.60. The molecule has 2 aromatic carbocycles. The zero-order valence-electron chi connectivity index (χ0n) is 17.1. The summed E-state index contributed by atoms with van der Waals surface area (Å²) in [6, 6.07) is 6.73. The lowest BCUT2D eigenvalue weighted by molar-refractivity contribution is -0.119. The molecule has 0 spiro atoms. The summed E-state index contributed by atoms with van der Waals surface area (Å²) in [6.45, 7) is 3.95. The highest BCUT2D eigenvalue weighted by atomic mass is 16.5. The highest BCUT2D eigenvalue weighted by Gasteiger charge is 2.21. The fourth-order valence-corrected chi connectivity index (χ4v) is 2.83. The van der Waals surface area contributed by atoms with Crippen LogP contribution in [0.15, 0.2) is 30.8 Å². The Bertz CT molecular complexity index is 883. The van der Waals surface area contributed by atoms with Gasteiger partial charge in [-0.1, -0.05) is 6.58 Å². The topological polar surface area (TPSA) is 95.5 Å². The monoisotopic (exact) mass is 403 g/mol. The maximum Gasteiger partial charge on any atom is 0.250 e. The third-order valence-electron chi connectivity index (χ3n) is 4.24. The van der Waals surface area contributed by atoms with Crippen LogP contribution in [0.3, 0.4) is 0 Å². The van der Waals surface area contributed by atoms with E-state index in [2.05, 4.69) is 11.9 Å². The summed E-state index contributed by atoms with van der Waals surface area (Å²) in [4.78, 5) is 12.1. The number of aromatic hydroxyl groups is 1. The molecule has 0 unspecified atom stereocenters. The number of phenolic OH excluding ortho intramolecular Hbond substituents is 1. The van der Waals surface area contributed by atoms with Gasteiger partial charge in [-0.25, -0.2) is 0 Å². The van der Waals surface area contributed by atoms with E-state index in [1.54, 1.807) is 24.3 Å². The Morgan fingerprint density at radius 3 is 2.03 bits per heavy atom. The molecule has 0 saturated carbocycles. The molecule has 0 aliphatic rings. The molecule has 2 N–H and O–H groups in total. The number of anilines is 1. The van der Waals surface area contributed by atoms with Gasteiger partial charge in [-0.3, -0.25) is 4.79 Å². The van der Waals surface area contributed by atoms with Crippen molar-refractivity contribution < 1.29 is 33.6 Å². The molecular weight excluding hydrogens is 378 g/mol. The van der Waals surface area contributed by atoms with Crippen LogP contribution < -0.4 is 24.3 Å². The van der Waals surface area contributed by atoms with Crippen LogP contribution in [0.25, 0.3) is 5.57 Å². The van der Waals surface area contributed by atoms with E-state index in [9.17, 15) is 9.90 Å². The summed E-state index contributed by atoms with van der Waals surface area (Å²) in [5.74, 6) is 0.895. The van der Waals surface area contributed by atoms with Gasteiger partial charge >= 0.3 is 0 Å². The van der Waals surface area contributed by atoms with Crippen LogP contribution >= 0.6 is 0 Å². The van der Waals surface area contributed by atoms with Crippen molar-refractivity contribution >= 4 is 17.2 Å². The first-order chi connectivity index (χ1) is 13.9. The van der Waals surface area contributed by atoms with E-state index in [0.29, 0.717) is 33.9 Å². The van der Waals surface area contributed by atoms with Crippen LogP contribution in [0.5, 0.6) is 28.7 Å². The lowest BCUT2D eigenvalue weighted by Crippen LogP contribution is -2.18. The smallest absolute Gasteiger partial charge is 0.250 e. The number of phenols is 1. The number of amides is 1. The summed E-state index contributed by atoms with van der Waals surface area (Å²) in [7, 11) is 7.36. The maximum atomic E-state index is 12.1. The van der Waals surface area contributed by atoms with Crippen LogP contribution in [-0.4, -0.2) is 53.2 Å². The molecule has 0 aromatic heterocycles. The van der Waals surface area contributed by atoms with Crippen LogP contribution in [0, 0.1) is 0 Å². The molecule has 2 rings (SSSR count). The van der Waals surface area contributed by atoms with E-state index in [-0.39, 0.29) is 23.8 Å². The summed E-state index contributed by atoms with van der Waals surface area (Å²) in [5, 5.41) is 13.2. The molecular formula is C21H25NO7. The Hall–Kier alpha value is -3.39. The molecule has 0 heterocycles. The second-order valence-electron chi connectivity index (χ2n) is 5.91. The Kier molecular flexibility index (Phi) is 7.33. The molecule has 1 amide bonds. The fourth-order valence-electron chi connectivity index (χ4n) is 2.83. The van der Waals surface area contributed by atoms with E-state index in [1.165, 1.54) is 35.5 Å². The quantitative estimate of drug-likeness (QED) is 0.621. The molecule has 0 atom stereocenters. The van der Waals surface area contributed by atoms with Crippen molar-refractivity contribution in [3.63, 3.8) is 0 Å². The fraction of sp³-hybridized carbons (Fsp3) is 0.286. The first kappa shape index (κ1) is 21.9. The Labute approximate surface area is 169 Å². The van der Waals surface area contributed by atoms with Crippen molar-refractivity contribution in [2.75, 3.05) is 47.5 Å². The normalized spacial score (nSPS) is 10.2. The highest BCUT2D eigenvalue weighted by molar-refractivity contribution is 5.99. The van der Waals surface area contributed by atoms with Crippen molar-refractivity contribution in [2.24, 2.45) is 0 Å². The number of ether oxygens (including phenoxy) is 5. The first-order valence-corrected chi connectivity index (χ1v) is 8.60. The summed E-state index contributed by atoms with van der Waals surface area (Å²) in [5.41, 5.74) is 1.80. The number of benzene rings is 2. The molecule has 0 saturated heterocycles. The van der Waals surface area contributed by atoms with E-state index < -0.39 is 5.91 Å². The van der Waals surface area contributed by atoms with Crippen molar-refractivity contribution in [3.8, 4) is 28.7 Å². The van der Waals surface area contributed by atoms with E-state index >= 15 is 0 Å². The van der Waals surface area contributed by atoms with Crippen LogP contribution in [0.2, 0.25) is 0 Å². The number of methoxy groups -OCH3 is 5. The second kappa shape index (κ2) is 9.70. The average molecular weight is 403 g/mol. The van der Waals surface area contributed by atoms with Gasteiger partial charge in [0.1, 0.15) is 6.61 Å². The molecule has 0 aliphatic heterocycles. The molecule has 0 fully saturated rings. The Morgan fingerprint density at radius 1 is 0.966 bits per heavy atom. The SMILES string of the molecule is C=C(c1cc(OC)c(OC)c(OC)c1)c1ccc(OC)c(O)c1NC(=O)COC. The summed E-state index contributed by atoms with van der Waals surface area (Å²) in [6.07, 6.45) is 0. The zero-order valence-corrected chi connectivity index (χ0v) is 17.1. The van der Waals surface area contributed by atoms with Crippen molar-refractivity contribution in [3.05, 3.63) is 42.0 Å². The number of carbonyl (C=O) groups excluding carboxylic acids is 1. The van der Waals surface area contributed by atoms with Crippen molar-refractivity contribution in [2.45, 2.75) is 0 Å². The molecule has 0 radical (unpaired) electrons. The van der Waals surface area contributed by atoms with Crippen LogP contribution in [0.1, 0.15) is 11.1 Å². The molecule has 0 bridgehead atoms. The Morgan fingerprint density at radius 2 is 1.55 bits per heavy atom. The van der Waals surface area contributed by atoms with Gasteiger partial charge in [-0.15, -0.1) is 0 Å². The summed E-state index contributed by atoms with van der Waals surface area (Å²) < 4.78 is 26.1. The third kappa shape index (κ3) is 4.55. The summed E-state index contributed by atoms with van der Waals surface area (Å²) >= 11 is 0. The van der Waals surface area contributed by atoms with Crippen molar-refractivity contribution in [1.82, 2.24) is 0 Å². The van der Waals surface area contributed by atoms with Gasteiger partial charge < -0.3 is 34.1 Å². The van der Waals surface area contributed by atoms with Gasteiger partial charge in [-0.2, -0.15) is 0 Å². The zero-order chi connectivity index (χ0) is 21.6. The maximum absolute atomic E-state index is 12.1. The molecule has 156 valence electrons. The number of hydrogen-bond donors (Lipinski definition) is 2. The van der Waals surface area contributed by atoms with Crippen molar-refractivity contribution in [1.29, 1.82) is 0 Å². The number of hydrogen-bond acceptors (Lipinski definition) is 7. The molecule has 29 heavy (non-hydrogen) atoms. The lowest BCUT2D eigenvalue weighted by Gasteiger charge is -2.19. The lowest BCUT2D eigenvalue weighted by atomic mass is 9.96. The molecule has 0 aliphatic carbocycles. The van der Waals surface area contributed by atoms with Gasteiger partial charge in [0, 0.05) is 12.7 Å². The number of nitrogens with one attached hydrogen (secondary N) is 1. The van der Waals surface area contributed by atoms with Gasteiger partial charge in [0.2, 0.25) is 11.7 Å². The standard InChI is InChI=1S/C21H25NO7/c1-12(13-9-16(27-4)21(29-6)17(10-13)28-5)14-7-8-15(26-3)20(24)19(14)22-18(23)11-25-2/h7-10,24H,1,11H2,2-6H3,(H,22,23). The third-order valence-corrected chi connectivity index (χ3v) is 4.24. The van der Waals surface area contributed by atoms with Gasteiger partial charge in [0.15, 0.2) is 23.0 Å². The molecule has 8 nitrogen and oxygen atoms in total. The minimum atomic E-state index is -0.435. The average Bonchev–Trinajstić information content (AvgIpc) is 2.73. The van der Waals surface area contributed by atoms with E-state index in [4.69, 9.17) is 23.7 Å².